The molecular weight excluding hydrogens is 645 g/mol. The quantitative estimate of drug-likeness (QED) is 0.160. The zero-order valence-corrected chi connectivity index (χ0v) is 29.7. The van der Waals surface area contributed by atoms with Gasteiger partial charge in [-0.15, -0.1) is 0 Å². The molecule has 7 rings (SSSR count). The van der Waals surface area contributed by atoms with Gasteiger partial charge < -0.3 is 29.4 Å². The average molecular weight is 685 g/mol. The lowest BCUT2D eigenvalue weighted by molar-refractivity contribution is -0.145. The van der Waals surface area contributed by atoms with Crippen molar-refractivity contribution in [1.82, 2.24) is 15.2 Å². The van der Waals surface area contributed by atoms with Gasteiger partial charge in [0.25, 0.3) is 0 Å². The maximum atomic E-state index is 11.8. The third kappa shape index (κ3) is 7.54. The molecule has 0 spiro atoms. The van der Waals surface area contributed by atoms with E-state index in [1.54, 1.807) is 6.92 Å². The van der Waals surface area contributed by atoms with Gasteiger partial charge in [0.05, 0.1) is 46.4 Å². The van der Waals surface area contributed by atoms with Crippen LogP contribution in [0.4, 0.5) is 0 Å². The summed E-state index contributed by atoms with van der Waals surface area (Å²) < 4.78 is 16.7. The second-order valence-electron chi connectivity index (χ2n) is 13.4. The van der Waals surface area contributed by atoms with Gasteiger partial charge in [0.15, 0.2) is 6.61 Å². The van der Waals surface area contributed by atoms with Crippen LogP contribution in [0.5, 0.6) is 5.75 Å². The molecule has 50 heavy (non-hydrogen) atoms. The van der Waals surface area contributed by atoms with Crippen molar-refractivity contribution in [1.29, 1.82) is 0 Å². The predicted molar refractivity (Wildman–Crippen MR) is 201 cm³/mol. The van der Waals surface area contributed by atoms with Crippen molar-refractivity contribution >= 4 is 42.8 Å². The summed E-state index contributed by atoms with van der Waals surface area (Å²) in [6.07, 6.45) is 20.0. The molecule has 1 aromatic heterocycles. The van der Waals surface area contributed by atoms with Gasteiger partial charge in [-0.05, 0) is 91.4 Å². The lowest BCUT2D eigenvalue weighted by Gasteiger charge is -2.22. The van der Waals surface area contributed by atoms with Gasteiger partial charge in [-0.2, -0.15) is 0 Å². The summed E-state index contributed by atoms with van der Waals surface area (Å²) in [5.74, 6) is 1.05. The maximum Gasteiger partial charge on any atom is 0.344 e. The van der Waals surface area contributed by atoms with Crippen LogP contribution >= 0.6 is 0 Å². The number of carbonyl (C=O) groups is 1. The van der Waals surface area contributed by atoms with Crippen LogP contribution in [0.15, 0.2) is 135 Å². The summed E-state index contributed by atoms with van der Waals surface area (Å²) in [7, 11) is -1.20. The number of ether oxygens (including phenoxy) is 3. The van der Waals surface area contributed by atoms with Gasteiger partial charge in [-0.25, -0.2) is 19.8 Å². The number of nitrogens with zero attached hydrogens (tertiary/aromatic N) is 4. The van der Waals surface area contributed by atoms with Crippen molar-refractivity contribution in [3.8, 4) is 5.75 Å². The first-order chi connectivity index (χ1) is 24.2. The molecular formula is C39H40N6O4Si. The number of benzene rings is 1. The zero-order chi connectivity index (χ0) is 34.7. The van der Waals surface area contributed by atoms with Gasteiger partial charge in [-0.1, -0.05) is 31.8 Å². The van der Waals surface area contributed by atoms with Crippen molar-refractivity contribution in [2.24, 2.45) is 15.0 Å². The lowest BCUT2D eigenvalue weighted by Crippen LogP contribution is -2.28. The molecule has 0 saturated heterocycles. The van der Waals surface area contributed by atoms with Crippen LogP contribution in [0.2, 0.25) is 25.7 Å². The first-order valence-corrected chi connectivity index (χ1v) is 20.5. The molecule has 0 aliphatic carbocycles. The summed E-state index contributed by atoms with van der Waals surface area (Å²) in [4.78, 5) is 32.6. The van der Waals surface area contributed by atoms with Crippen LogP contribution in [0, 0.1) is 0 Å². The van der Waals surface area contributed by atoms with Crippen molar-refractivity contribution in [2.45, 2.75) is 32.6 Å². The Morgan fingerprint density at radius 3 is 2.36 bits per heavy atom. The molecule has 0 fully saturated rings. The monoisotopic (exact) mass is 684 g/mol. The van der Waals surface area contributed by atoms with E-state index in [2.05, 4.69) is 40.9 Å². The highest BCUT2D eigenvalue weighted by molar-refractivity contribution is 6.76. The van der Waals surface area contributed by atoms with Crippen LogP contribution in [-0.2, 0) is 14.3 Å². The second-order valence-corrected chi connectivity index (χ2v) is 19.0. The number of esters is 1. The first kappa shape index (κ1) is 33.0. The van der Waals surface area contributed by atoms with Crippen molar-refractivity contribution in [2.75, 3.05) is 26.6 Å². The number of hydrogen-bond donors (Lipinski definition) is 2. The topological polar surface area (TPSA) is 113 Å². The summed E-state index contributed by atoms with van der Waals surface area (Å²) in [5.41, 5.74) is 9.41. The van der Waals surface area contributed by atoms with Crippen LogP contribution in [0.25, 0.3) is 11.6 Å². The molecule has 2 aromatic rings. The smallest absolute Gasteiger partial charge is 0.344 e. The van der Waals surface area contributed by atoms with E-state index in [0.29, 0.717) is 19.1 Å². The highest BCUT2D eigenvalue weighted by Crippen LogP contribution is 2.33. The minimum absolute atomic E-state index is 0.143. The third-order valence-corrected chi connectivity index (χ3v) is 10.1. The van der Waals surface area contributed by atoms with Gasteiger partial charge >= 0.3 is 5.97 Å². The van der Waals surface area contributed by atoms with Crippen LogP contribution < -0.4 is 10.1 Å². The van der Waals surface area contributed by atoms with E-state index in [9.17, 15) is 4.79 Å². The fourth-order valence-electron chi connectivity index (χ4n) is 5.85. The normalized spacial score (nSPS) is 19.0. The average Bonchev–Trinajstić information content (AvgIpc) is 3.93. The largest absolute Gasteiger partial charge is 0.482 e. The lowest BCUT2D eigenvalue weighted by atomic mass is 10.0. The number of aromatic amines is 1. The molecule has 8 bridgehead atoms. The van der Waals surface area contributed by atoms with Crippen LogP contribution in [-0.4, -0.2) is 67.6 Å². The van der Waals surface area contributed by atoms with Crippen molar-refractivity contribution in [3.05, 3.63) is 137 Å². The van der Waals surface area contributed by atoms with Gasteiger partial charge in [0, 0.05) is 44.0 Å². The fraction of sp³-hybridized carbons (Fsp3) is 0.231. The number of nitrogens with one attached hydrogen (secondary N) is 2. The Bertz CT molecular complexity index is 2040. The van der Waals surface area contributed by atoms with Gasteiger partial charge in [0.2, 0.25) is 0 Å². The highest BCUT2D eigenvalue weighted by atomic mass is 28.3. The number of carbonyl (C=O) groups excluding carboxylic acids is 1. The highest BCUT2D eigenvalue weighted by Gasteiger charge is 2.27. The van der Waals surface area contributed by atoms with Crippen LogP contribution in [0.3, 0.4) is 0 Å². The SMILES string of the molecule is CCOC(=O)COc1ccc(C2=C3C=CC(=N3)C=C3C=CC(=N3)/C(=C3/NC=CN3COCC[Si](C)(C)C)C3=NC(=Cc4ccc2[nH]4)C=C3)cc1. The first-order valence-electron chi connectivity index (χ1n) is 16.8. The molecule has 0 radical (unpaired) electrons. The van der Waals surface area contributed by atoms with Crippen LogP contribution in [0.1, 0.15) is 23.9 Å². The number of aromatic nitrogens is 1. The van der Waals surface area contributed by atoms with E-state index in [-0.39, 0.29) is 6.61 Å². The molecule has 254 valence electrons. The predicted octanol–water partition coefficient (Wildman–Crippen LogP) is 6.89. The molecule has 11 heteroatoms. The summed E-state index contributed by atoms with van der Waals surface area (Å²) in [5, 5.41) is 3.43. The van der Waals surface area contributed by atoms with Crippen molar-refractivity contribution < 1.29 is 19.0 Å². The number of fused-ring (bicyclic) bond motifs is 5. The fourth-order valence-corrected chi connectivity index (χ4v) is 6.61. The van der Waals surface area contributed by atoms with E-state index in [0.717, 1.165) is 80.8 Å². The maximum absolute atomic E-state index is 11.8. The minimum atomic E-state index is -1.20. The molecule has 5 aliphatic heterocycles. The third-order valence-electron chi connectivity index (χ3n) is 8.36. The molecule has 1 aromatic carbocycles. The Morgan fingerprint density at radius 2 is 1.62 bits per heavy atom. The molecule has 0 amide bonds. The molecule has 2 N–H and O–H groups in total. The number of hydrogen-bond acceptors (Lipinski definition) is 9. The molecule has 10 nitrogen and oxygen atoms in total. The Labute approximate surface area is 293 Å². The Balaban J connectivity index is 1.24. The molecule has 0 atom stereocenters. The van der Waals surface area contributed by atoms with E-state index in [4.69, 9.17) is 29.2 Å². The Kier molecular flexibility index (Phi) is 9.33. The van der Waals surface area contributed by atoms with E-state index < -0.39 is 14.0 Å². The summed E-state index contributed by atoms with van der Waals surface area (Å²) >= 11 is 0. The second kappa shape index (κ2) is 14.1. The van der Waals surface area contributed by atoms with E-state index in [1.807, 2.05) is 91.3 Å². The summed E-state index contributed by atoms with van der Waals surface area (Å²) in [6, 6.07) is 12.8. The molecule has 0 unspecified atom stereocenters. The number of rotatable bonds is 10. The Hall–Kier alpha value is -5.52. The molecule has 5 aliphatic rings. The minimum Gasteiger partial charge on any atom is -0.482 e. The summed E-state index contributed by atoms with van der Waals surface area (Å²) in [6.45, 7) is 10.2. The zero-order valence-electron chi connectivity index (χ0n) is 28.7. The van der Waals surface area contributed by atoms with Crippen molar-refractivity contribution in [3.63, 3.8) is 0 Å². The number of aliphatic imine (C=N–C) groups is 3. The van der Waals surface area contributed by atoms with Gasteiger partial charge in [0.1, 0.15) is 18.3 Å². The standard InChI is InChI=1S/C39H40N6O4Si/c1-5-48-36(46)24-49-31-12-6-26(7-13-31)37-32-14-8-27(41-32)22-29-10-16-34(43-29)38(35-17-11-30(44-35)23-28-9-15-33(37)42-28)39-40-18-19-45(39)25-47-20-21-50(2,3)4/h6-19,22-23,40-41H,5,20-21,24-25H2,1-4H3/b29-22?,30-23?,37-33?,39-38-. The molecule has 6 heterocycles. The van der Waals surface area contributed by atoms with Gasteiger partial charge in [-0.3, -0.25) is 0 Å². The van der Waals surface area contributed by atoms with E-state index in [1.165, 1.54) is 0 Å². The number of allylic oxidation sites excluding steroid dienone is 8. The number of H-pyrrole nitrogens is 1. The Morgan fingerprint density at radius 1 is 0.860 bits per heavy atom. The molecule has 0 saturated carbocycles. The van der Waals surface area contributed by atoms with E-state index >= 15 is 0 Å².